The van der Waals surface area contributed by atoms with Crippen molar-refractivity contribution < 1.29 is 9.59 Å². The lowest BCUT2D eigenvalue weighted by atomic mass is 9.76. The summed E-state index contributed by atoms with van der Waals surface area (Å²) in [6, 6.07) is 0. The highest BCUT2D eigenvalue weighted by atomic mass is 79.9. The van der Waals surface area contributed by atoms with Crippen molar-refractivity contribution in [2.45, 2.75) is 28.3 Å². The van der Waals surface area contributed by atoms with Crippen LogP contribution >= 0.6 is 47.8 Å². The maximum absolute atomic E-state index is 11.6. The molecule has 1 aliphatic carbocycles. The number of carbonyl (C=O) groups excluding carboxylic acids is 2. The first kappa shape index (κ1) is 11.9. The third kappa shape index (κ3) is 1.79. The average molecular weight is 377 g/mol. The quantitative estimate of drug-likeness (QED) is 0.481. The lowest BCUT2D eigenvalue weighted by Gasteiger charge is -2.39. The summed E-state index contributed by atoms with van der Waals surface area (Å²) >= 11 is 9.74. The summed E-state index contributed by atoms with van der Waals surface area (Å²) in [6.07, 6.45) is 0. The van der Waals surface area contributed by atoms with E-state index >= 15 is 0 Å². The van der Waals surface area contributed by atoms with Gasteiger partial charge in [0.05, 0.1) is 9.65 Å². The molecule has 0 heterocycles. The molecule has 0 saturated heterocycles. The topological polar surface area (TPSA) is 34.1 Å². The number of rotatable bonds is 0. The van der Waals surface area contributed by atoms with Crippen molar-refractivity contribution in [3.63, 3.8) is 0 Å². The molecule has 2 nitrogen and oxygen atoms in total. The largest absolute Gasteiger partial charge is 0.297 e. The van der Waals surface area contributed by atoms with Gasteiger partial charge in [-0.05, 0) is 0 Å². The van der Waals surface area contributed by atoms with Crippen LogP contribution < -0.4 is 0 Å². The molecule has 74 valence electrons. The zero-order valence-electron chi connectivity index (χ0n) is 7.18. The van der Waals surface area contributed by atoms with Gasteiger partial charge in [0.1, 0.15) is 4.83 Å². The van der Waals surface area contributed by atoms with Crippen LogP contribution in [0.4, 0.5) is 0 Å². The molecule has 2 unspecified atom stereocenters. The molecule has 5 heteroatoms. The molecule has 1 saturated carbocycles. The van der Waals surface area contributed by atoms with Crippen LogP contribution in [0.3, 0.4) is 0 Å². The van der Waals surface area contributed by atoms with Crippen molar-refractivity contribution >= 4 is 59.4 Å². The SMILES string of the molecule is CC1(C)C(Br)C(=O)C(Br)C(=O)C1Br. The summed E-state index contributed by atoms with van der Waals surface area (Å²) in [5.41, 5.74) is -0.377. The summed E-state index contributed by atoms with van der Waals surface area (Å²) in [5.74, 6) is -0.184. The third-order valence-electron chi connectivity index (χ3n) is 2.31. The highest BCUT2D eigenvalue weighted by Gasteiger charge is 2.51. The second-order valence-corrected chi connectivity index (χ2v) is 6.46. The number of ketones is 2. The number of halogens is 3. The maximum Gasteiger partial charge on any atom is 0.168 e. The minimum atomic E-state index is -0.672. The predicted octanol–water partition coefficient (Wildman–Crippen LogP) is 2.45. The van der Waals surface area contributed by atoms with Crippen LogP contribution in [-0.4, -0.2) is 26.0 Å². The van der Waals surface area contributed by atoms with Crippen LogP contribution in [0.1, 0.15) is 13.8 Å². The van der Waals surface area contributed by atoms with E-state index in [1.54, 1.807) is 0 Å². The van der Waals surface area contributed by atoms with Crippen molar-refractivity contribution in [2.75, 3.05) is 0 Å². The van der Waals surface area contributed by atoms with Crippen molar-refractivity contribution in [1.29, 1.82) is 0 Å². The van der Waals surface area contributed by atoms with Gasteiger partial charge in [-0.3, -0.25) is 9.59 Å². The average Bonchev–Trinajstić information content (AvgIpc) is 2.09. The second kappa shape index (κ2) is 3.74. The Labute approximate surface area is 102 Å². The van der Waals surface area contributed by atoms with Crippen LogP contribution in [0, 0.1) is 5.41 Å². The van der Waals surface area contributed by atoms with Gasteiger partial charge in [-0.2, -0.15) is 0 Å². The normalized spacial score (nSPS) is 39.3. The van der Waals surface area contributed by atoms with E-state index in [9.17, 15) is 9.59 Å². The molecule has 0 amide bonds. The van der Waals surface area contributed by atoms with Gasteiger partial charge in [0.25, 0.3) is 0 Å². The van der Waals surface area contributed by atoms with Gasteiger partial charge in [0.15, 0.2) is 11.6 Å². The molecule has 1 fully saturated rings. The maximum atomic E-state index is 11.6. The molecule has 0 aromatic rings. The predicted molar refractivity (Wildman–Crippen MR) is 61.9 cm³/mol. The Morgan fingerprint density at radius 2 is 1.31 bits per heavy atom. The first-order chi connectivity index (χ1) is 5.80. The number of alkyl halides is 3. The van der Waals surface area contributed by atoms with E-state index in [2.05, 4.69) is 47.8 Å². The molecule has 13 heavy (non-hydrogen) atoms. The zero-order chi connectivity index (χ0) is 10.4. The summed E-state index contributed by atoms with van der Waals surface area (Å²) in [7, 11) is 0. The number of hydrogen-bond donors (Lipinski definition) is 0. The first-order valence-corrected chi connectivity index (χ1v) is 6.54. The summed E-state index contributed by atoms with van der Waals surface area (Å²) in [4.78, 5) is 21.9. The Balaban J connectivity index is 3.07. The molecule has 0 spiro atoms. The van der Waals surface area contributed by atoms with Crippen LogP contribution in [-0.2, 0) is 9.59 Å². The smallest absolute Gasteiger partial charge is 0.168 e. The lowest BCUT2D eigenvalue weighted by Crippen LogP contribution is -2.54. The van der Waals surface area contributed by atoms with Gasteiger partial charge in [-0.25, -0.2) is 0 Å². The summed E-state index contributed by atoms with van der Waals surface area (Å²) in [5, 5.41) is 0. The van der Waals surface area contributed by atoms with Gasteiger partial charge in [0, 0.05) is 5.41 Å². The molecule has 0 radical (unpaired) electrons. The van der Waals surface area contributed by atoms with E-state index in [1.165, 1.54) is 0 Å². The number of hydrogen-bond acceptors (Lipinski definition) is 2. The van der Waals surface area contributed by atoms with Gasteiger partial charge in [-0.15, -0.1) is 0 Å². The lowest BCUT2D eigenvalue weighted by molar-refractivity contribution is -0.130. The van der Waals surface area contributed by atoms with E-state index in [-0.39, 0.29) is 26.6 Å². The van der Waals surface area contributed by atoms with E-state index < -0.39 is 4.83 Å². The van der Waals surface area contributed by atoms with Crippen LogP contribution in [0.2, 0.25) is 0 Å². The van der Waals surface area contributed by atoms with E-state index in [0.29, 0.717) is 0 Å². The molecule has 1 aliphatic rings. The Kier molecular flexibility index (Phi) is 3.41. The number of Topliss-reactive ketones (excluding diaryl/α,β-unsaturated/α-hetero) is 2. The monoisotopic (exact) mass is 374 g/mol. The van der Waals surface area contributed by atoms with E-state index in [4.69, 9.17) is 0 Å². The minimum absolute atomic E-state index is 0.0919. The van der Waals surface area contributed by atoms with Crippen LogP contribution in [0.25, 0.3) is 0 Å². The Bertz CT molecular complexity index is 238. The Morgan fingerprint density at radius 3 is 1.62 bits per heavy atom. The molecular formula is C8H9Br3O2. The van der Waals surface area contributed by atoms with Gasteiger partial charge >= 0.3 is 0 Å². The standard InChI is InChI=1S/C8H9Br3O2/c1-8(2)6(10)4(12)3(9)5(13)7(8)11/h3,6-7H,1-2H3. The Morgan fingerprint density at radius 1 is 1.00 bits per heavy atom. The molecule has 1 rings (SSSR count). The van der Waals surface area contributed by atoms with Crippen molar-refractivity contribution in [2.24, 2.45) is 5.41 Å². The second-order valence-electron chi connectivity index (χ2n) is 3.71. The molecular weight excluding hydrogens is 368 g/mol. The third-order valence-corrected chi connectivity index (χ3v) is 6.47. The van der Waals surface area contributed by atoms with Crippen molar-refractivity contribution in [3.8, 4) is 0 Å². The molecule has 0 aromatic carbocycles. The molecule has 0 N–H and O–H groups in total. The fourth-order valence-corrected chi connectivity index (χ4v) is 3.91. The van der Waals surface area contributed by atoms with Crippen molar-refractivity contribution in [3.05, 3.63) is 0 Å². The summed E-state index contributed by atoms with van der Waals surface area (Å²) in [6.45, 7) is 3.78. The number of carbonyl (C=O) groups is 2. The zero-order valence-corrected chi connectivity index (χ0v) is 11.9. The molecule has 0 aliphatic heterocycles. The van der Waals surface area contributed by atoms with Gasteiger partial charge in [-0.1, -0.05) is 61.6 Å². The highest BCUT2D eigenvalue weighted by Crippen LogP contribution is 2.42. The van der Waals surface area contributed by atoms with E-state index in [1.807, 2.05) is 13.8 Å². The van der Waals surface area contributed by atoms with Crippen molar-refractivity contribution in [1.82, 2.24) is 0 Å². The molecule has 0 bridgehead atoms. The summed E-state index contributed by atoms with van der Waals surface area (Å²) < 4.78 is 0. The van der Waals surface area contributed by atoms with Crippen LogP contribution in [0.5, 0.6) is 0 Å². The first-order valence-electron chi connectivity index (χ1n) is 3.79. The fraction of sp³-hybridized carbons (Fsp3) is 0.750. The Hall–Kier alpha value is 0.780. The van der Waals surface area contributed by atoms with Crippen LogP contribution in [0.15, 0.2) is 0 Å². The molecule has 0 aromatic heterocycles. The van der Waals surface area contributed by atoms with Gasteiger partial charge < -0.3 is 0 Å². The van der Waals surface area contributed by atoms with E-state index in [0.717, 1.165) is 0 Å². The molecule has 2 atom stereocenters. The van der Waals surface area contributed by atoms with Gasteiger partial charge in [0.2, 0.25) is 0 Å². The fourth-order valence-electron chi connectivity index (χ4n) is 1.26. The highest BCUT2D eigenvalue weighted by molar-refractivity contribution is 9.11. The minimum Gasteiger partial charge on any atom is -0.297 e.